The van der Waals surface area contributed by atoms with Crippen molar-refractivity contribution in [3.63, 3.8) is 0 Å². The zero-order valence-electron chi connectivity index (χ0n) is 14.6. The fraction of sp³-hybridized carbons (Fsp3) is 0.611. The van der Waals surface area contributed by atoms with Crippen LogP contribution >= 0.6 is 0 Å². The van der Waals surface area contributed by atoms with Crippen molar-refractivity contribution in [1.82, 2.24) is 9.21 Å². The van der Waals surface area contributed by atoms with Gasteiger partial charge in [0.2, 0.25) is 15.9 Å². The molecular weight excluding hydrogens is 338 g/mol. The molecule has 0 bridgehead atoms. The Balaban J connectivity index is 1.46. The van der Waals surface area contributed by atoms with Gasteiger partial charge in [0.1, 0.15) is 0 Å². The molecule has 6 nitrogen and oxygen atoms in total. The minimum atomic E-state index is -3.30. The SMILES string of the molecule is O=C(CCS(=O)(=O)N1CCCCC1)N1CCN(c2ccccc2)CC1. The first-order valence-electron chi connectivity index (χ1n) is 9.12. The highest BCUT2D eigenvalue weighted by molar-refractivity contribution is 7.89. The van der Waals surface area contributed by atoms with Gasteiger partial charge in [-0.25, -0.2) is 12.7 Å². The lowest BCUT2D eigenvalue weighted by molar-refractivity contribution is -0.131. The highest BCUT2D eigenvalue weighted by Crippen LogP contribution is 2.17. The average Bonchev–Trinajstić information content (AvgIpc) is 2.68. The van der Waals surface area contributed by atoms with Gasteiger partial charge in [0.05, 0.1) is 5.75 Å². The first-order chi connectivity index (χ1) is 12.1. The maximum absolute atomic E-state index is 12.4. The van der Waals surface area contributed by atoms with Crippen molar-refractivity contribution in [3.8, 4) is 0 Å². The van der Waals surface area contributed by atoms with Crippen LogP contribution in [0.2, 0.25) is 0 Å². The Bertz CT molecular complexity index is 664. The molecule has 2 aliphatic rings. The number of piperazine rings is 1. The van der Waals surface area contributed by atoms with E-state index in [-0.39, 0.29) is 18.1 Å². The number of para-hydroxylation sites is 1. The van der Waals surface area contributed by atoms with Crippen molar-refractivity contribution >= 4 is 21.6 Å². The van der Waals surface area contributed by atoms with Crippen LogP contribution in [0.3, 0.4) is 0 Å². The lowest BCUT2D eigenvalue weighted by atomic mass is 10.2. The summed E-state index contributed by atoms with van der Waals surface area (Å²) in [6.07, 6.45) is 3.03. The Kier molecular flexibility index (Phi) is 5.96. The molecule has 1 aromatic rings. The molecule has 1 aromatic carbocycles. The summed E-state index contributed by atoms with van der Waals surface area (Å²) in [6, 6.07) is 10.2. The summed E-state index contributed by atoms with van der Waals surface area (Å²) >= 11 is 0. The summed E-state index contributed by atoms with van der Waals surface area (Å²) in [6.45, 7) is 4.08. The van der Waals surface area contributed by atoms with Gasteiger partial charge in [-0.15, -0.1) is 0 Å². The molecule has 2 fully saturated rings. The van der Waals surface area contributed by atoms with Crippen molar-refractivity contribution < 1.29 is 13.2 Å². The molecule has 2 heterocycles. The molecule has 0 radical (unpaired) electrons. The standard InChI is InChI=1S/C18H27N3O3S/c22-18(9-16-25(23,24)21-10-5-2-6-11-21)20-14-12-19(13-15-20)17-7-3-1-4-8-17/h1,3-4,7-8H,2,5-6,9-16H2. The molecule has 3 rings (SSSR count). The van der Waals surface area contributed by atoms with E-state index in [1.807, 2.05) is 18.2 Å². The Morgan fingerprint density at radius 1 is 0.880 bits per heavy atom. The number of hydrogen-bond donors (Lipinski definition) is 0. The molecule has 0 aromatic heterocycles. The number of amides is 1. The molecule has 1 amide bonds. The average molecular weight is 365 g/mol. The predicted octanol–water partition coefficient (Wildman–Crippen LogP) is 1.54. The quantitative estimate of drug-likeness (QED) is 0.794. The number of carbonyl (C=O) groups is 1. The maximum atomic E-state index is 12.4. The summed E-state index contributed by atoms with van der Waals surface area (Å²) in [5, 5.41) is 0. The second-order valence-corrected chi connectivity index (χ2v) is 8.82. The van der Waals surface area contributed by atoms with Crippen LogP contribution in [0, 0.1) is 0 Å². The minimum absolute atomic E-state index is 0.0479. The maximum Gasteiger partial charge on any atom is 0.223 e. The molecular formula is C18H27N3O3S. The number of anilines is 1. The highest BCUT2D eigenvalue weighted by Gasteiger charge is 2.27. The van der Waals surface area contributed by atoms with E-state index >= 15 is 0 Å². The van der Waals surface area contributed by atoms with E-state index in [2.05, 4.69) is 17.0 Å². The van der Waals surface area contributed by atoms with Crippen LogP contribution in [0.15, 0.2) is 30.3 Å². The van der Waals surface area contributed by atoms with Crippen molar-refractivity contribution in [1.29, 1.82) is 0 Å². The Morgan fingerprint density at radius 3 is 2.16 bits per heavy atom. The van der Waals surface area contributed by atoms with Gasteiger partial charge in [-0.2, -0.15) is 0 Å². The number of rotatable bonds is 5. The van der Waals surface area contributed by atoms with Gasteiger partial charge in [-0.1, -0.05) is 24.6 Å². The number of hydrogen-bond acceptors (Lipinski definition) is 4. The van der Waals surface area contributed by atoms with E-state index in [1.165, 1.54) is 5.69 Å². The van der Waals surface area contributed by atoms with Crippen LogP contribution in [0.4, 0.5) is 5.69 Å². The van der Waals surface area contributed by atoms with Gasteiger partial charge in [0.25, 0.3) is 0 Å². The highest BCUT2D eigenvalue weighted by atomic mass is 32.2. The molecule has 25 heavy (non-hydrogen) atoms. The van der Waals surface area contributed by atoms with E-state index in [0.29, 0.717) is 26.2 Å². The van der Waals surface area contributed by atoms with E-state index in [4.69, 9.17) is 0 Å². The number of benzene rings is 1. The topological polar surface area (TPSA) is 60.9 Å². The van der Waals surface area contributed by atoms with E-state index in [1.54, 1.807) is 9.21 Å². The van der Waals surface area contributed by atoms with Crippen molar-refractivity contribution in [2.45, 2.75) is 25.7 Å². The molecule has 0 N–H and O–H groups in total. The summed E-state index contributed by atoms with van der Waals surface area (Å²) in [7, 11) is -3.30. The largest absolute Gasteiger partial charge is 0.368 e. The van der Waals surface area contributed by atoms with Crippen molar-refractivity contribution in [3.05, 3.63) is 30.3 Å². The molecule has 138 valence electrons. The van der Waals surface area contributed by atoms with Gasteiger partial charge in [0.15, 0.2) is 0 Å². The second-order valence-electron chi connectivity index (χ2n) is 6.73. The third kappa shape index (κ3) is 4.73. The summed E-state index contributed by atoms with van der Waals surface area (Å²) < 4.78 is 26.3. The van der Waals surface area contributed by atoms with Gasteiger partial charge >= 0.3 is 0 Å². The molecule has 2 aliphatic heterocycles. The zero-order chi connectivity index (χ0) is 17.7. The molecule has 0 aliphatic carbocycles. The van der Waals surface area contributed by atoms with E-state index in [0.717, 1.165) is 32.4 Å². The van der Waals surface area contributed by atoms with Crippen LogP contribution in [0.1, 0.15) is 25.7 Å². The van der Waals surface area contributed by atoms with E-state index in [9.17, 15) is 13.2 Å². The lowest BCUT2D eigenvalue weighted by Gasteiger charge is -2.36. The van der Waals surface area contributed by atoms with Crippen LogP contribution in [0.5, 0.6) is 0 Å². The fourth-order valence-electron chi connectivity index (χ4n) is 3.50. The van der Waals surface area contributed by atoms with Crippen LogP contribution in [-0.4, -0.2) is 68.6 Å². The molecule has 0 atom stereocenters. The van der Waals surface area contributed by atoms with Gasteiger partial charge < -0.3 is 9.80 Å². The number of carbonyl (C=O) groups excluding carboxylic acids is 1. The number of nitrogens with zero attached hydrogens (tertiary/aromatic N) is 3. The Labute approximate surface area is 150 Å². The van der Waals surface area contributed by atoms with Gasteiger partial charge in [0, 0.05) is 51.4 Å². The first kappa shape index (κ1) is 18.2. The Hall–Kier alpha value is -1.60. The van der Waals surface area contributed by atoms with Gasteiger partial charge in [-0.05, 0) is 25.0 Å². The molecule has 0 saturated carbocycles. The van der Waals surface area contributed by atoms with Crippen LogP contribution in [0.25, 0.3) is 0 Å². The van der Waals surface area contributed by atoms with E-state index < -0.39 is 10.0 Å². The van der Waals surface area contributed by atoms with Crippen LogP contribution in [-0.2, 0) is 14.8 Å². The zero-order valence-corrected chi connectivity index (χ0v) is 15.5. The van der Waals surface area contributed by atoms with Crippen molar-refractivity contribution in [2.24, 2.45) is 0 Å². The normalized spacial score (nSPS) is 19.8. The summed E-state index contributed by atoms with van der Waals surface area (Å²) in [5.74, 6) is -0.113. The smallest absolute Gasteiger partial charge is 0.223 e. The first-order valence-corrected chi connectivity index (χ1v) is 10.7. The monoisotopic (exact) mass is 365 g/mol. The lowest BCUT2D eigenvalue weighted by Crippen LogP contribution is -2.49. The molecule has 7 heteroatoms. The third-order valence-electron chi connectivity index (χ3n) is 5.04. The third-order valence-corrected chi connectivity index (χ3v) is 6.91. The summed E-state index contributed by atoms with van der Waals surface area (Å²) in [4.78, 5) is 16.5. The fourth-order valence-corrected chi connectivity index (χ4v) is 5.00. The minimum Gasteiger partial charge on any atom is -0.368 e. The number of sulfonamides is 1. The Morgan fingerprint density at radius 2 is 1.52 bits per heavy atom. The molecule has 0 unspecified atom stereocenters. The number of piperidine rings is 1. The van der Waals surface area contributed by atoms with Crippen LogP contribution < -0.4 is 4.90 Å². The van der Waals surface area contributed by atoms with Crippen molar-refractivity contribution in [2.75, 3.05) is 49.9 Å². The van der Waals surface area contributed by atoms with Gasteiger partial charge in [-0.3, -0.25) is 4.79 Å². The molecule has 2 saturated heterocycles. The summed E-state index contributed by atoms with van der Waals surface area (Å²) in [5.41, 5.74) is 1.17. The predicted molar refractivity (Wildman–Crippen MR) is 99.1 cm³/mol. The second kappa shape index (κ2) is 8.19. The molecule has 0 spiro atoms.